The molecule has 0 spiro atoms. The lowest BCUT2D eigenvalue weighted by atomic mass is 10.0. The molecule has 0 N–H and O–H groups in total. The second-order valence-corrected chi connectivity index (χ2v) is 5.60. The zero-order chi connectivity index (χ0) is 16.9. The average molecular weight is 320 g/mol. The van der Waals surface area contributed by atoms with Crippen LogP contribution < -0.4 is 4.74 Å². The molecule has 1 aliphatic rings. The molecule has 0 aliphatic carbocycles. The highest BCUT2D eigenvalue weighted by Gasteiger charge is 2.22. The fourth-order valence-electron chi connectivity index (χ4n) is 2.74. The minimum Gasteiger partial charge on any atom is -0.485 e. The van der Waals surface area contributed by atoms with Crippen molar-refractivity contribution < 1.29 is 14.3 Å². The molecular formula is C21H20O3. The molecule has 0 fully saturated rings. The minimum atomic E-state index is -0.300. The summed E-state index contributed by atoms with van der Waals surface area (Å²) < 4.78 is 11.1. The van der Waals surface area contributed by atoms with E-state index in [1.54, 1.807) is 13.0 Å². The maximum absolute atomic E-state index is 12.2. The van der Waals surface area contributed by atoms with Crippen LogP contribution in [0.15, 0.2) is 66.8 Å². The van der Waals surface area contributed by atoms with Gasteiger partial charge in [0.15, 0.2) is 0 Å². The van der Waals surface area contributed by atoms with Crippen molar-refractivity contribution in [2.45, 2.75) is 19.4 Å². The van der Waals surface area contributed by atoms with Gasteiger partial charge in [-0.2, -0.15) is 0 Å². The highest BCUT2D eigenvalue weighted by molar-refractivity contribution is 5.95. The Labute approximate surface area is 142 Å². The number of esters is 1. The SMILES string of the molecule is C=C[C@@H]1CC(C(=O)OCC)=Cc2cc(-c3ccccc3)ccc2O1. The second kappa shape index (κ2) is 7.18. The number of rotatable bonds is 4. The summed E-state index contributed by atoms with van der Waals surface area (Å²) in [4.78, 5) is 12.2. The molecule has 0 radical (unpaired) electrons. The van der Waals surface area contributed by atoms with Crippen LogP contribution in [0.2, 0.25) is 0 Å². The van der Waals surface area contributed by atoms with E-state index in [4.69, 9.17) is 9.47 Å². The van der Waals surface area contributed by atoms with Crippen molar-refractivity contribution in [3.05, 3.63) is 72.3 Å². The Morgan fingerprint density at radius 3 is 2.75 bits per heavy atom. The van der Waals surface area contributed by atoms with Crippen LogP contribution in [0.1, 0.15) is 18.9 Å². The molecule has 1 heterocycles. The van der Waals surface area contributed by atoms with Gasteiger partial charge in [0, 0.05) is 17.6 Å². The van der Waals surface area contributed by atoms with Crippen molar-refractivity contribution >= 4 is 12.0 Å². The maximum Gasteiger partial charge on any atom is 0.334 e. The molecule has 0 amide bonds. The highest BCUT2D eigenvalue weighted by atomic mass is 16.5. The molecule has 122 valence electrons. The Hall–Kier alpha value is -2.81. The zero-order valence-corrected chi connectivity index (χ0v) is 13.7. The van der Waals surface area contributed by atoms with Gasteiger partial charge >= 0.3 is 5.97 Å². The predicted octanol–water partition coefficient (Wildman–Crippen LogP) is 4.64. The van der Waals surface area contributed by atoms with Gasteiger partial charge in [0.2, 0.25) is 0 Å². The van der Waals surface area contributed by atoms with Gasteiger partial charge in [-0.3, -0.25) is 0 Å². The Morgan fingerprint density at radius 2 is 2.04 bits per heavy atom. The lowest BCUT2D eigenvalue weighted by Gasteiger charge is -2.15. The predicted molar refractivity (Wildman–Crippen MR) is 95.7 cm³/mol. The maximum atomic E-state index is 12.2. The summed E-state index contributed by atoms with van der Waals surface area (Å²) in [5, 5.41) is 0. The summed E-state index contributed by atoms with van der Waals surface area (Å²) >= 11 is 0. The third kappa shape index (κ3) is 3.40. The fourth-order valence-corrected chi connectivity index (χ4v) is 2.74. The quantitative estimate of drug-likeness (QED) is 0.608. The molecule has 2 aromatic carbocycles. The summed E-state index contributed by atoms with van der Waals surface area (Å²) in [6.45, 7) is 5.96. The van der Waals surface area contributed by atoms with Gasteiger partial charge in [-0.05, 0) is 36.3 Å². The van der Waals surface area contributed by atoms with Crippen LogP contribution in [-0.2, 0) is 9.53 Å². The van der Waals surface area contributed by atoms with Crippen LogP contribution in [-0.4, -0.2) is 18.7 Å². The van der Waals surface area contributed by atoms with Crippen LogP contribution in [0.4, 0.5) is 0 Å². The van der Waals surface area contributed by atoms with E-state index in [1.165, 1.54) is 0 Å². The summed E-state index contributed by atoms with van der Waals surface area (Å²) in [5.41, 5.74) is 3.68. The van der Waals surface area contributed by atoms with E-state index in [0.717, 1.165) is 22.4 Å². The molecular weight excluding hydrogens is 300 g/mol. The topological polar surface area (TPSA) is 35.5 Å². The number of carbonyl (C=O) groups excluding carboxylic acids is 1. The minimum absolute atomic E-state index is 0.246. The Kier molecular flexibility index (Phi) is 4.80. The third-order valence-electron chi connectivity index (χ3n) is 3.95. The smallest absolute Gasteiger partial charge is 0.334 e. The fraction of sp³-hybridized carbons (Fsp3) is 0.190. The zero-order valence-electron chi connectivity index (χ0n) is 13.7. The summed E-state index contributed by atoms with van der Waals surface area (Å²) in [5.74, 6) is 0.449. The van der Waals surface area contributed by atoms with Crippen molar-refractivity contribution in [3.63, 3.8) is 0 Å². The third-order valence-corrected chi connectivity index (χ3v) is 3.95. The monoisotopic (exact) mass is 320 g/mol. The first kappa shape index (κ1) is 16.1. The van der Waals surface area contributed by atoms with Crippen molar-refractivity contribution in [3.8, 4) is 16.9 Å². The van der Waals surface area contributed by atoms with E-state index in [9.17, 15) is 4.79 Å². The Bertz CT molecular complexity index is 775. The van der Waals surface area contributed by atoms with Gasteiger partial charge in [-0.15, -0.1) is 0 Å². The first-order valence-corrected chi connectivity index (χ1v) is 8.07. The van der Waals surface area contributed by atoms with Gasteiger partial charge < -0.3 is 9.47 Å². The summed E-state index contributed by atoms with van der Waals surface area (Å²) in [7, 11) is 0. The first-order chi connectivity index (χ1) is 11.7. The molecule has 0 saturated carbocycles. The average Bonchev–Trinajstić information content (AvgIpc) is 2.81. The van der Waals surface area contributed by atoms with Gasteiger partial charge in [-0.1, -0.05) is 49.1 Å². The van der Waals surface area contributed by atoms with E-state index in [0.29, 0.717) is 18.6 Å². The van der Waals surface area contributed by atoms with Crippen LogP contribution in [0, 0.1) is 0 Å². The lowest BCUT2D eigenvalue weighted by molar-refractivity contribution is -0.138. The molecule has 2 aromatic rings. The standard InChI is InChI=1S/C21H20O3/c1-3-19-14-18(21(22)23-4-2)13-17-12-16(10-11-20(17)24-19)15-8-6-5-7-9-15/h3,5-13,19H,1,4,14H2,2H3/t19-/m1/s1. The molecule has 1 aliphatic heterocycles. The molecule has 0 saturated heterocycles. The van der Waals surface area contributed by atoms with Crippen LogP contribution in [0.5, 0.6) is 5.75 Å². The number of benzene rings is 2. The molecule has 3 rings (SSSR count). The lowest BCUT2D eigenvalue weighted by Crippen LogP contribution is -2.17. The van der Waals surface area contributed by atoms with E-state index in [1.807, 2.05) is 42.5 Å². The Balaban J connectivity index is 2.04. The van der Waals surface area contributed by atoms with Gasteiger partial charge in [0.05, 0.1) is 6.61 Å². The van der Waals surface area contributed by atoms with Crippen LogP contribution in [0.25, 0.3) is 17.2 Å². The number of hydrogen-bond donors (Lipinski definition) is 0. The second-order valence-electron chi connectivity index (χ2n) is 5.60. The van der Waals surface area contributed by atoms with Crippen molar-refractivity contribution in [2.75, 3.05) is 6.61 Å². The largest absolute Gasteiger partial charge is 0.485 e. The van der Waals surface area contributed by atoms with Crippen molar-refractivity contribution in [1.82, 2.24) is 0 Å². The molecule has 0 unspecified atom stereocenters. The van der Waals surface area contributed by atoms with E-state index < -0.39 is 0 Å². The van der Waals surface area contributed by atoms with Gasteiger partial charge in [0.1, 0.15) is 11.9 Å². The van der Waals surface area contributed by atoms with Gasteiger partial charge in [-0.25, -0.2) is 4.79 Å². The Morgan fingerprint density at radius 1 is 1.25 bits per heavy atom. The van der Waals surface area contributed by atoms with E-state index >= 15 is 0 Å². The number of hydrogen-bond acceptors (Lipinski definition) is 3. The molecule has 3 heteroatoms. The molecule has 3 nitrogen and oxygen atoms in total. The number of carbonyl (C=O) groups is 1. The van der Waals surface area contributed by atoms with Crippen LogP contribution in [0.3, 0.4) is 0 Å². The number of fused-ring (bicyclic) bond motifs is 1. The summed E-state index contributed by atoms with van der Waals surface area (Å²) in [6, 6.07) is 16.1. The van der Waals surface area contributed by atoms with Crippen molar-refractivity contribution in [1.29, 1.82) is 0 Å². The molecule has 24 heavy (non-hydrogen) atoms. The van der Waals surface area contributed by atoms with E-state index in [2.05, 4.69) is 18.7 Å². The molecule has 1 atom stereocenters. The normalized spacial score (nSPS) is 16.2. The molecule has 0 aromatic heterocycles. The van der Waals surface area contributed by atoms with E-state index in [-0.39, 0.29) is 12.1 Å². The van der Waals surface area contributed by atoms with Gasteiger partial charge in [0.25, 0.3) is 0 Å². The summed E-state index contributed by atoms with van der Waals surface area (Å²) in [6.07, 6.45) is 3.79. The molecule has 0 bridgehead atoms. The van der Waals surface area contributed by atoms with Crippen molar-refractivity contribution in [2.24, 2.45) is 0 Å². The number of ether oxygens (including phenoxy) is 2. The van der Waals surface area contributed by atoms with Crippen LogP contribution >= 0.6 is 0 Å². The first-order valence-electron chi connectivity index (χ1n) is 8.07. The highest BCUT2D eigenvalue weighted by Crippen LogP contribution is 2.33.